The van der Waals surface area contributed by atoms with Crippen LogP contribution in [0.4, 0.5) is 8.78 Å². The molecule has 1 aliphatic heterocycles. The zero-order chi connectivity index (χ0) is 15.3. The Bertz CT molecular complexity index is 633. The van der Waals surface area contributed by atoms with Crippen LogP contribution in [0.2, 0.25) is 0 Å². The maximum Gasteiger partial charge on any atom is 0.254 e. The molecule has 0 N–H and O–H groups in total. The second kappa shape index (κ2) is 4.61. The maximum atomic E-state index is 13.3. The van der Waals surface area contributed by atoms with Crippen molar-refractivity contribution in [3.8, 4) is 0 Å². The molecule has 5 nitrogen and oxygen atoms in total. The molecule has 21 heavy (non-hydrogen) atoms. The standard InChI is InChI=1S/C14H17F2N3O2/c1-10-6-11(20)19(9-17-10)7-12(21)18-4-2-13(3-5-18)8-14(13,15)16/h6,9H,2-5,7-8H2,1H3. The average Bonchev–Trinajstić information content (AvgIpc) is 2.94. The Balaban J connectivity index is 1.61. The Morgan fingerprint density at radius 2 is 2.00 bits per heavy atom. The summed E-state index contributed by atoms with van der Waals surface area (Å²) in [5.41, 5.74) is -0.552. The third-order valence-corrected chi connectivity index (χ3v) is 4.61. The summed E-state index contributed by atoms with van der Waals surface area (Å²) in [6, 6.07) is 1.36. The second-order valence-electron chi connectivity index (χ2n) is 6.04. The molecule has 114 valence electrons. The topological polar surface area (TPSA) is 55.2 Å². The van der Waals surface area contributed by atoms with Gasteiger partial charge in [0.15, 0.2) is 0 Å². The smallest absolute Gasteiger partial charge is 0.254 e. The first-order valence-corrected chi connectivity index (χ1v) is 7.02. The van der Waals surface area contributed by atoms with Crippen molar-refractivity contribution in [3.63, 3.8) is 0 Å². The number of hydrogen-bond donors (Lipinski definition) is 0. The predicted molar refractivity (Wildman–Crippen MR) is 71.0 cm³/mol. The summed E-state index contributed by atoms with van der Waals surface area (Å²) in [4.78, 5) is 29.4. The van der Waals surface area contributed by atoms with Crippen LogP contribution in [0.15, 0.2) is 17.2 Å². The summed E-state index contributed by atoms with van der Waals surface area (Å²) in [5, 5.41) is 0. The minimum Gasteiger partial charge on any atom is -0.341 e. The highest BCUT2D eigenvalue weighted by Gasteiger charge is 2.70. The third kappa shape index (κ3) is 2.45. The molecule has 1 aromatic heterocycles. The van der Waals surface area contributed by atoms with Gasteiger partial charge in [-0.2, -0.15) is 0 Å². The molecule has 1 aliphatic carbocycles. The van der Waals surface area contributed by atoms with Crippen molar-refractivity contribution >= 4 is 5.91 Å². The van der Waals surface area contributed by atoms with Gasteiger partial charge >= 0.3 is 0 Å². The van der Waals surface area contributed by atoms with E-state index in [2.05, 4.69) is 4.98 Å². The van der Waals surface area contributed by atoms with Gasteiger partial charge in [0.25, 0.3) is 11.5 Å². The number of hydrogen-bond acceptors (Lipinski definition) is 3. The molecule has 1 aromatic rings. The van der Waals surface area contributed by atoms with Crippen molar-refractivity contribution in [2.75, 3.05) is 13.1 Å². The van der Waals surface area contributed by atoms with Crippen LogP contribution in [-0.4, -0.2) is 39.4 Å². The van der Waals surface area contributed by atoms with Gasteiger partial charge in [-0.1, -0.05) is 0 Å². The molecule has 2 fully saturated rings. The van der Waals surface area contributed by atoms with Crippen molar-refractivity contribution in [1.29, 1.82) is 0 Å². The quantitative estimate of drug-likeness (QED) is 0.824. The third-order valence-electron chi connectivity index (χ3n) is 4.61. The number of carbonyl (C=O) groups excluding carboxylic acids is 1. The fraction of sp³-hybridized carbons (Fsp3) is 0.643. The molecule has 1 saturated heterocycles. The van der Waals surface area contributed by atoms with Crippen molar-refractivity contribution < 1.29 is 13.6 Å². The van der Waals surface area contributed by atoms with E-state index in [0.717, 1.165) is 0 Å². The summed E-state index contributed by atoms with van der Waals surface area (Å²) >= 11 is 0. The minimum atomic E-state index is -2.56. The molecule has 2 heterocycles. The molecule has 0 atom stereocenters. The highest BCUT2D eigenvalue weighted by Crippen LogP contribution is 2.65. The molecule has 0 aromatic carbocycles. The van der Waals surface area contributed by atoms with E-state index < -0.39 is 11.3 Å². The summed E-state index contributed by atoms with van der Waals surface area (Å²) in [7, 11) is 0. The van der Waals surface area contributed by atoms with Crippen LogP contribution in [0.1, 0.15) is 25.0 Å². The first-order chi connectivity index (χ1) is 9.83. The number of aromatic nitrogens is 2. The van der Waals surface area contributed by atoms with Crippen LogP contribution >= 0.6 is 0 Å². The largest absolute Gasteiger partial charge is 0.341 e. The second-order valence-corrected chi connectivity index (χ2v) is 6.04. The first kappa shape index (κ1) is 14.2. The van der Waals surface area contributed by atoms with Crippen molar-refractivity contribution in [2.24, 2.45) is 5.41 Å². The summed E-state index contributed by atoms with van der Waals surface area (Å²) in [6.45, 7) is 2.29. The van der Waals surface area contributed by atoms with Gasteiger partial charge in [0.2, 0.25) is 5.91 Å². The highest BCUT2D eigenvalue weighted by molar-refractivity contribution is 5.76. The van der Waals surface area contributed by atoms with Crippen molar-refractivity contribution in [2.45, 2.75) is 38.7 Å². The zero-order valence-corrected chi connectivity index (χ0v) is 11.8. The van der Waals surface area contributed by atoms with Crippen LogP contribution in [0, 0.1) is 12.3 Å². The lowest BCUT2D eigenvalue weighted by atomic mass is 9.93. The number of carbonyl (C=O) groups is 1. The molecule has 7 heteroatoms. The minimum absolute atomic E-state index is 0.0522. The van der Waals surface area contributed by atoms with Crippen LogP contribution in [0.3, 0.4) is 0 Å². The summed E-state index contributed by atoms with van der Waals surface area (Å²) in [5.74, 6) is -2.78. The van der Waals surface area contributed by atoms with Crippen molar-refractivity contribution in [1.82, 2.24) is 14.5 Å². The van der Waals surface area contributed by atoms with E-state index in [4.69, 9.17) is 0 Å². The zero-order valence-electron chi connectivity index (χ0n) is 11.8. The monoisotopic (exact) mass is 297 g/mol. The van der Waals surface area contributed by atoms with E-state index in [1.54, 1.807) is 11.8 Å². The number of amides is 1. The molecule has 2 aliphatic rings. The Labute approximate surface area is 120 Å². The normalized spacial score (nSPS) is 22.3. The van der Waals surface area contributed by atoms with E-state index in [0.29, 0.717) is 31.6 Å². The van der Waals surface area contributed by atoms with Gasteiger partial charge < -0.3 is 4.90 Å². The lowest BCUT2D eigenvalue weighted by Crippen LogP contribution is -2.43. The van der Waals surface area contributed by atoms with E-state index in [1.807, 2.05) is 0 Å². The van der Waals surface area contributed by atoms with Crippen LogP contribution < -0.4 is 5.56 Å². The lowest BCUT2D eigenvalue weighted by Gasteiger charge is -2.32. The Morgan fingerprint density at radius 3 is 2.52 bits per heavy atom. The van der Waals surface area contributed by atoms with Crippen LogP contribution in [0.5, 0.6) is 0 Å². The van der Waals surface area contributed by atoms with E-state index in [-0.39, 0.29) is 24.4 Å². The molecule has 1 spiro atoms. The SMILES string of the molecule is Cc1cc(=O)n(CC(=O)N2CCC3(CC2)CC3(F)F)cn1. The number of alkyl halides is 2. The number of aryl methyl sites for hydroxylation is 1. The summed E-state index contributed by atoms with van der Waals surface area (Å²) in [6.07, 6.45) is 1.97. The molecular formula is C14H17F2N3O2. The molecule has 0 bridgehead atoms. The Kier molecular flexibility index (Phi) is 3.11. The fourth-order valence-corrected chi connectivity index (χ4v) is 2.99. The van der Waals surface area contributed by atoms with Gasteiger partial charge in [0, 0.05) is 36.7 Å². The number of rotatable bonds is 2. The van der Waals surface area contributed by atoms with Crippen molar-refractivity contribution in [3.05, 3.63) is 28.4 Å². The predicted octanol–water partition coefficient (Wildman–Crippen LogP) is 1.20. The van der Waals surface area contributed by atoms with Crippen LogP contribution in [-0.2, 0) is 11.3 Å². The molecule has 0 unspecified atom stereocenters. The Hall–Kier alpha value is -1.79. The van der Waals surface area contributed by atoms with Gasteiger partial charge in [-0.15, -0.1) is 0 Å². The lowest BCUT2D eigenvalue weighted by molar-refractivity contribution is -0.134. The summed E-state index contributed by atoms with van der Waals surface area (Å²) < 4.78 is 27.8. The van der Waals surface area contributed by atoms with Gasteiger partial charge in [0.05, 0.1) is 6.33 Å². The van der Waals surface area contributed by atoms with Gasteiger partial charge in [-0.3, -0.25) is 14.2 Å². The van der Waals surface area contributed by atoms with Gasteiger partial charge in [0.1, 0.15) is 6.54 Å². The molecule has 0 radical (unpaired) electrons. The number of halogens is 2. The number of nitrogens with zero attached hydrogens (tertiary/aromatic N) is 3. The molecule has 1 amide bonds. The highest BCUT2D eigenvalue weighted by atomic mass is 19.3. The van der Waals surface area contributed by atoms with E-state index in [9.17, 15) is 18.4 Å². The van der Waals surface area contributed by atoms with Crippen LogP contribution in [0.25, 0.3) is 0 Å². The Morgan fingerprint density at radius 1 is 1.38 bits per heavy atom. The number of piperidine rings is 1. The molecule has 3 rings (SSSR count). The van der Waals surface area contributed by atoms with Gasteiger partial charge in [-0.05, 0) is 19.8 Å². The molecular weight excluding hydrogens is 280 g/mol. The van der Waals surface area contributed by atoms with Gasteiger partial charge in [-0.25, -0.2) is 13.8 Å². The van der Waals surface area contributed by atoms with E-state index >= 15 is 0 Å². The van der Waals surface area contributed by atoms with E-state index in [1.165, 1.54) is 17.0 Å². The average molecular weight is 297 g/mol. The maximum absolute atomic E-state index is 13.3. The molecule has 1 saturated carbocycles. The fourth-order valence-electron chi connectivity index (χ4n) is 2.99. The number of likely N-dealkylation sites (tertiary alicyclic amines) is 1. The first-order valence-electron chi connectivity index (χ1n) is 7.02.